The molecule has 1 N–H and O–H groups in total. The van der Waals surface area contributed by atoms with Gasteiger partial charge in [-0.2, -0.15) is 5.10 Å². The molecule has 4 rings (SSSR count). The average Bonchev–Trinajstić information content (AvgIpc) is 3.08. The van der Waals surface area contributed by atoms with Gasteiger partial charge in [0, 0.05) is 37.1 Å². The molecule has 0 bridgehead atoms. The summed E-state index contributed by atoms with van der Waals surface area (Å²) in [7, 11) is 0. The number of aromatic nitrogens is 6. The van der Waals surface area contributed by atoms with Crippen molar-refractivity contribution in [2.45, 2.75) is 39.7 Å². The summed E-state index contributed by atoms with van der Waals surface area (Å²) in [5, 5.41) is 16.4. The molecule has 0 unspecified atom stereocenters. The minimum atomic E-state index is 0.386. The molecule has 1 fully saturated rings. The van der Waals surface area contributed by atoms with E-state index in [2.05, 4.69) is 41.5 Å². The van der Waals surface area contributed by atoms with E-state index in [1.165, 1.54) is 0 Å². The normalized spacial score (nSPS) is 15.1. The van der Waals surface area contributed by atoms with Crippen LogP contribution in [0.4, 0.5) is 11.6 Å². The van der Waals surface area contributed by atoms with Crippen molar-refractivity contribution >= 4 is 11.6 Å². The SMILES string of the molecule is Cc1cc(N2CCC(Nc3ccc(-n4ccc(C)n4)nn3)CC2)nc(C)n1. The molecular weight excluding hydrogens is 340 g/mol. The summed E-state index contributed by atoms with van der Waals surface area (Å²) >= 11 is 0. The number of hydrogen-bond donors (Lipinski definition) is 1. The van der Waals surface area contributed by atoms with Crippen LogP contribution in [0.2, 0.25) is 0 Å². The largest absolute Gasteiger partial charge is 0.366 e. The minimum Gasteiger partial charge on any atom is -0.366 e. The summed E-state index contributed by atoms with van der Waals surface area (Å²) in [6.07, 6.45) is 3.95. The van der Waals surface area contributed by atoms with Crippen LogP contribution in [0.1, 0.15) is 30.1 Å². The van der Waals surface area contributed by atoms with Crippen molar-refractivity contribution in [2.24, 2.45) is 0 Å². The highest BCUT2D eigenvalue weighted by molar-refractivity contribution is 5.42. The fourth-order valence-corrected chi connectivity index (χ4v) is 3.39. The molecule has 0 aliphatic carbocycles. The number of anilines is 2. The van der Waals surface area contributed by atoms with Gasteiger partial charge in [-0.3, -0.25) is 0 Å². The Morgan fingerprint density at radius 2 is 1.74 bits per heavy atom. The van der Waals surface area contributed by atoms with E-state index in [9.17, 15) is 0 Å². The first kappa shape index (κ1) is 17.4. The monoisotopic (exact) mass is 364 g/mol. The van der Waals surface area contributed by atoms with Gasteiger partial charge in [0.15, 0.2) is 5.82 Å². The first-order valence-corrected chi connectivity index (χ1v) is 9.27. The lowest BCUT2D eigenvalue weighted by atomic mass is 10.1. The van der Waals surface area contributed by atoms with E-state index in [0.717, 1.165) is 60.6 Å². The lowest BCUT2D eigenvalue weighted by molar-refractivity contribution is 0.521. The Labute approximate surface area is 158 Å². The smallest absolute Gasteiger partial charge is 0.175 e. The van der Waals surface area contributed by atoms with Gasteiger partial charge in [-0.1, -0.05) is 0 Å². The molecule has 27 heavy (non-hydrogen) atoms. The van der Waals surface area contributed by atoms with Crippen LogP contribution in [0.15, 0.2) is 30.5 Å². The highest BCUT2D eigenvalue weighted by Crippen LogP contribution is 2.20. The molecule has 0 spiro atoms. The van der Waals surface area contributed by atoms with Crippen molar-refractivity contribution in [1.82, 2.24) is 29.9 Å². The van der Waals surface area contributed by atoms with Crippen molar-refractivity contribution in [1.29, 1.82) is 0 Å². The first-order chi connectivity index (χ1) is 13.1. The summed E-state index contributed by atoms with van der Waals surface area (Å²) in [5.74, 6) is 3.37. The van der Waals surface area contributed by atoms with Crippen LogP contribution in [-0.4, -0.2) is 49.1 Å². The summed E-state index contributed by atoms with van der Waals surface area (Å²) in [5.41, 5.74) is 1.97. The van der Waals surface area contributed by atoms with Crippen LogP contribution in [0.3, 0.4) is 0 Å². The molecule has 3 aromatic rings. The predicted molar refractivity (Wildman–Crippen MR) is 104 cm³/mol. The van der Waals surface area contributed by atoms with E-state index in [4.69, 9.17) is 0 Å². The fourth-order valence-electron chi connectivity index (χ4n) is 3.39. The van der Waals surface area contributed by atoms with Gasteiger partial charge >= 0.3 is 0 Å². The Kier molecular flexibility index (Phi) is 4.70. The Hall–Kier alpha value is -3.03. The zero-order valence-corrected chi connectivity index (χ0v) is 15.9. The third-order valence-corrected chi connectivity index (χ3v) is 4.73. The fraction of sp³-hybridized carbons (Fsp3) is 0.421. The summed E-state index contributed by atoms with van der Waals surface area (Å²) < 4.78 is 1.73. The Bertz CT molecular complexity index is 889. The molecule has 140 valence electrons. The number of piperidine rings is 1. The van der Waals surface area contributed by atoms with E-state index in [-0.39, 0.29) is 0 Å². The minimum absolute atomic E-state index is 0.386. The van der Waals surface area contributed by atoms with E-state index in [1.54, 1.807) is 4.68 Å². The van der Waals surface area contributed by atoms with E-state index >= 15 is 0 Å². The van der Waals surface area contributed by atoms with E-state index < -0.39 is 0 Å². The molecule has 8 nitrogen and oxygen atoms in total. The molecule has 8 heteroatoms. The van der Waals surface area contributed by atoms with Gasteiger partial charge < -0.3 is 10.2 Å². The number of aryl methyl sites for hydroxylation is 3. The van der Waals surface area contributed by atoms with Crippen LogP contribution in [-0.2, 0) is 0 Å². The van der Waals surface area contributed by atoms with Gasteiger partial charge in [0.25, 0.3) is 0 Å². The molecule has 0 radical (unpaired) electrons. The maximum absolute atomic E-state index is 4.57. The average molecular weight is 364 g/mol. The van der Waals surface area contributed by atoms with Gasteiger partial charge in [-0.05, 0) is 51.8 Å². The highest BCUT2D eigenvalue weighted by Gasteiger charge is 2.21. The molecule has 0 aromatic carbocycles. The standard InChI is InChI=1S/C19H24N8/c1-13-6-11-27(25-13)18-5-4-17(23-24-18)22-16-7-9-26(10-8-16)19-12-14(2)20-15(3)21-19/h4-6,11-12,16H,7-10H2,1-3H3,(H,22,23). The second-order valence-electron chi connectivity index (χ2n) is 7.00. The van der Waals surface area contributed by atoms with Crippen LogP contribution in [0.25, 0.3) is 5.82 Å². The maximum atomic E-state index is 4.57. The Balaban J connectivity index is 1.35. The zero-order chi connectivity index (χ0) is 18.8. The van der Waals surface area contributed by atoms with Gasteiger partial charge in [0.05, 0.1) is 5.69 Å². The van der Waals surface area contributed by atoms with Crippen molar-refractivity contribution in [3.05, 3.63) is 47.7 Å². The highest BCUT2D eigenvalue weighted by atomic mass is 15.3. The van der Waals surface area contributed by atoms with Gasteiger partial charge in [-0.15, -0.1) is 10.2 Å². The van der Waals surface area contributed by atoms with Crippen LogP contribution in [0.5, 0.6) is 0 Å². The molecule has 4 heterocycles. The molecule has 1 aliphatic rings. The molecule has 3 aromatic heterocycles. The summed E-state index contributed by atoms with van der Waals surface area (Å²) in [6.45, 7) is 7.84. The van der Waals surface area contributed by atoms with Crippen molar-refractivity contribution in [3.8, 4) is 5.82 Å². The quantitative estimate of drug-likeness (QED) is 0.761. The van der Waals surface area contributed by atoms with Gasteiger partial charge in [-0.25, -0.2) is 14.6 Å². The third-order valence-electron chi connectivity index (χ3n) is 4.73. The third kappa shape index (κ3) is 4.05. The van der Waals surface area contributed by atoms with E-state index in [1.807, 2.05) is 45.2 Å². The van der Waals surface area contributed by atoms with Crippen LogP contribution in [0, 0.1) is 20.8 Å². The number of nitrogens with one attached hydrogen (secondary N) is 1. The molecule has 1 aliphatic heterocycles. The molecule has 0 saturated carbocycles. The van der Waals surface area contributed by atoms with Crippen molar-refractivity contribution in [2.75, 3.05) is 23.3 Å². The second kappa shape index (κ2) is 7.30. The first-order valence-electron chi connectivity index (χ1n) is 9.27. The molecular formula is C19H24N8. The van der Waals surface area contributed by atoms with Crippen LogP contribution >= 0.6 is 0 Å². The van der Waals surface area contributed by atoms with Crippen molar-refractivity contribution < 1.29 is 0 Å². The predicted octanol–water partition coefficient (Wildman–Crippen LogP) is 2.46. The second-order valence-corrected chi connectivity index (χ2v) is 7.00. The van der Waals surface area contributed by atoms with Gasteiger partial charge in [0.2, 0.25) is 0 Å². The van der Waals surface area contributed by atoms with Gasteiger partial charge in [0.1, 0.15) is 17.5 Å². The number of hydrogen-bond acceptors (Lipinski definition) is 7. The van der Waals surface area contributed by atoms with Crippen molar-refractivity contribution in [3.63, 3.8) is 0 Å². The number of rotatable bonds is 4. The maximum Gasteiger partial charge on any atom is 0.175 e. The topological polar surface area (TPSA) is 84.7 Å². The summed E-state index contributed by atoms with van der Waals surface area (Å²) in [6, 6.07) is 8.29. The Morgan fingerprint density at radius 3 is 2.37 bits per heavy atom. The molecule has 1 saturated heterocycles. The molecule has 0 atom stereocenters. The molecule has 0 amide bonds. The number of nitrogens with zero attached hydrogens (tertiary/aromatic N) is 7. The summed E-state index contributed by atoms with van der Waals surface area (Å²) in [4.78, 5) is 11.3. The lowest BCUT2D eigenvalue weighted by Gasteiger charge is -2.33. The lowest BCUT2D eigenvalue weighted by Crippen LogP contribution is -2.39. The van der Waals surface area contributed by atoms with Crippen LogP contribution < -0.4 is 10.2 Å². The zero-order valence-electron chi connectivity index (χ0n) is 15.9. The Morgan fingerprint density at radius 1 is 0.926 bits per heavy atom. The van der Waals surface area contributed by atoms with E-state index in [0.29, 0.717) is 6.04 Å².